The first kappa shape index (κ1) is 14.5. The van der Waals surface area contributed by atoms with Gasteiger partial charge in [0.2, 0.25) is 0 Å². The van der Waals surface area contributed by atoms with Gasteiger partial charge in [-0.2, -0.15) is 0 Å². The van der Waals surface area contributed by atoms with Crippen LogP contribution in [0.1, 0.15) is 23.2 Å². The number of aryl methyl sites for hydroxylation is 2. The zero-order valence-electron chi connectivity index (χ0n) is 14.0. The average Bonchev–Trinajstić information content (AvgIpc) is 2.92. The third-order valence-corrected chi connectivity index (χ3v) is 5.17. The van der Waals surface area contributed by atoms with Crippen LogP contribution in [0.3, 0.4) is 0 Å². The molecule has 1 aliphatic heterocycles. The summed E-state index contributed by atoms with van der Waals surface area (Å²) in [4.78, 5) is 2.51. The van der Waals surface area contributed by atoms with Crippen molar-refractivity contribution < 1.29 is 0 Å². The van der Waals surface area contributed by atoms with E-state index in [9.17, 15) is 0 Å². The molecule has 0 amide bonds. The van der Waals surface area contributed by atoms with Gasteiger partial charge in [0.15, 0.2) is 0 Å². The number of nitrogens with zero attached hydrogens (tertiary/aromatic N) is 2. The maximum Gasteiger partial charge on any atom is 0.0483 e. The largest absolute Gasteiger partial charge is 0.343 e. The van der Waals surface area contributed by atoms with Crippen LogP contribution in [0.4, 0.5) is 0 Å². The molecular weight excluding hydrogens is 280 g/mol. The number of rotatable bonds is 3. The van der Waals surface area contributed by atoms with Gasteiger partial charge in [-0.05, 0) is 50.6 Å². The van der Waals surface area contributed by atoms with E-state index in [0.717, 1.165) is 13.1 Å². The average molecular weight is 304 g/mol. The fourth-order valence-corrected chi connectivity index (χ4v) is 3.85. The minimum absolute atomic E-state index is 0.611. The number of benzene rings is 2. The second-order valence-corrected chi connectivity index (χ2v) is 6.90. The maximum absolute atomic E-state index is 2.53. The summed E-state index contributed by atoms with van der Waals surface area (Å²) < 4.78 is 2.53. The van der Waals surface area contributed by atoms with Crippen molar-refractivity contribution in [2.75, 3.05) is 7.05 Å². The summed E-state index contributed by atoms with van der Waals surface area (Å²) in [6.45, 7) is 4.30. The van der Waals surface area contributed by atoms with Crippen molar-refractivity contribution in [2.24, 2.45) is 0 Å². The quantitative estimate of drug-likeness (QED) is 0.696. The predicted octanol–water partition coefficient (Wildman–Crippen LogP) is 4.40. The Hall–Kier alpha value is -2.06. The fourth-order valence-electron chi connectivity index (χ4n) is 3.85. The molecule has 2 heterocycles. The molecule has 0 saturated heterocycles. The number of hydrogen-bond acceptors (Lipinski definition) is 1. The first-order valence-corrected chi connectivity index (χ1v) is 8.53. The number of hydrogen-bond donors (Lipinski definition) is 0. The smallest absolute Gasteiger partial charge is 0.0483 e. The molecule has 0 radical (unpaired) electrons. The first-order chi connectivity index (χ1) is 11.2. The zero-order chi connectivity index (χ0) is 15.8. The zero-order valence-corrected chi connectivity index (χ0v) is 14.0. The molecule has 1 aromatic heterocycles. The van der Waals surface area contributed by atoms with Crippen molar-refractivity contribution in [1.29, 1.82) is 0 Å². The van der Waals surface area contributed by atoms with E-state index in [1.807, 2.05) is 0 Å². The summed E-state index contributed by atoms with van der Waals surface area (Å²) in [6, 6.07) is 20.6. The van der Waals surface area contributed by atoms with Crippen LogP contribution in [-0.2, 0) is 19.5 Å². The summed E-state index contributed by atoms with van der Waals surface area (Å²) >= 11 is 0. The van der Waals surface area contributed by atoms with Gasteiger partial charge in [0.25, 0.3) is 0 Å². The Morgan fingerprint density at radius 2 is 1.91 bits per heavy atom. The van der Waals surface area contributed by atoms with E-state index in [-0.39, 0.29) is 0 Å². The van der Waals surface area contributed by atoms with E-state index in [1.54, 1.807) is 0 Å². The molecule has 0 fully saturated rings. The van der Waals surface area contributed by atoms with Crippen LogP contribution in [0, 0.1) is 6.92 Å². The SMILES string of the molecule is Cc1ccc2c(c1)cc1n2C[C@@H](N(C)Cc2ccccc2)CC1. The Balaban J connectivity index is 1.57. The second-order valence-electron chi connectivity index (χ2n) is 6.90. The monoisotopic (exact) mass is 304 g/mol. The number of fused-ring (bicyclic) bond motifs is 3. The topological polar surface area (TPSA) is 8.17 Å². The Morgan fingerprint density at radius 1 is 1.09 bits per heavy atom. The van der Waals surface area contributed by atoms with Crippen molar-refractivity contribution in [3.05, 3.63) is 71.4 Å². The van der Waals surface area contributed by atoms with Gasteiger partial charge in [-0.25, -0.2) is 0 Å². The molecule has 0 N–H and O–H groups in total. The van der Waals surface area contributed by atoms with Crippen molar-refractivity contribution in [3.63, 3.8) is 0 Å². The van der Waals surface area contributed by atoms with Gasteiger partial charge in [0.1, 0.15) is 0 Å². The summed E-state index contributed by atoms with van der Waals surface area (Å²) in [5, 5.41) is 1.39. The van der Waals surface area contributed by atoms with Gasteiger partial charge < -0.3 is 4.57 Å². The predicted molar refractivity (Wildman–Crippen MR) is 96.7 cm³/mol. The highest BCUT2D eigenvalue weighted by molar-refractivity contribution is 5.82. The lowest BCUT2D eigenvalue weighted by atomic mass is 10.0. The van der Waals surface area contributed by atoms with Gasteiger partial charge >= 0.3 is 0 Å². The van der Waals surface area contributed by atoms with Crippen LogP contribution >= 0.6 is 0 Å². The fraction of sp³-hybridized carbons (Fsp3) is 0.333. The third-order valence-electron chi connectivity index (χ3n) is 5.17. The molecule has 0 unspecified atom stereocenters. The first-order valence-electron chi connectivity index (χ1n) is 8.53. The van der Waals surface area contributed by atoms with Crippen LogP contribution in [0.15, 0.2) is 54.6 Å². The number of likely N-dealkylation sites (N-methyl/N-ethyl adjacent to an activating group) is 1. The van der Waals surface area contributed by atoms with Crippen molar-refractivity contribution in [1.82, 2.24) is 9.47 Å². The summed E-state index contributed by atoms with van der Waals surface area (Å²) in [5.74, 6) is 0. The van der Waals surface area contributed by atoms with E-state index in [1.165, 1.54) is 40.6 Å². The molecule has 0 aliphatic carbocycles. The molecule has 0 spiro atoms. The molecule has 3 aromatic rings. The molecule has 23 heavy (non-hydrogen) atoms. The minimum Gasteiger partial charge on any atom is -0.343 e. The molecule has 0 bridgehead atoms. The van der Waals surface area contributed by atoms with Crippen molar-refractivity contribution >= 4 is 10.9 Å². The van der Waals surface area contributed by atoms with Crippen molar-refractivity contribution in [3.8, 4) is 0 Å². The highest BCUT2D eigenvalue weighted by Gasteiger charge is 2.23. The lowest BCUT2D eigenvalue weighted by molar-refractivity contribution is 0.188. The third kappa shape index (κ3) is 2.79. The van der Waals surface area contributed by atoms with Gasteiger partial charge in [0, 0.05) is 35.7 Å². The molecule has 1 aliphatic rings. The van der Waals surface area contributed by atoms with Crippen molar-refractivity contribution in [2.45, 2.75) is 38.9 Å². The summed E-state index contributed by atoms with van der Waals surface area (Å²) in [7, 11) is 2.26. The van der Waals surface area contributed by atoms with E-state index in [4.69, 9.17) is 0 Å². The summed E-state index contributed by atoms with van der Waals surface area (Å²) in [5.41, 5.74) is 5.63. The second kappa shape index (κ2) is 5.86. The van der Waals surface area contributed by atoms with Crippen LogP contribution in [0.2, 0.25) is 0 Å². The molecule has 0 saturated carbocycles. The van der Waals surface area contributed by atoms with Crippen LogP contribution in [0.25, 0.3) is 10.9 Å². The normalized spacial score (nSPS) is 17.6. The van der Waals surface area contributed by atoms with Gasteiger partial charge in [-0.1, -0.05) is 42.0 Å². The minimum atomic E-state index is 0.611. The lowest BCUT2D eigenvalue weighted by Gasteiger charge is -2.33. The standard InChI is InChI=1S/C21H24N2/c1-16-8-11-21-18(12-16)13-19-9-10-20(15-23(19)21)22(2)14-17-6-4-3-5-7-17/h3-8,11-13,20H,9-10,14-15H2,1-2H3/t20-/m0/s1. The van der Waals surface area contributed by atoms with Gasteiger partial charge in [-0.15, -0.1) is 0 Å². The lowest BCUT2D eigenvalue weighted by Crippen LogP contribution is -2.38. The summed E-state index contributed by atoms with van der Waals surface area (Å²) in [6.07, 6.45) is 2.43. The van der Waals surface area contributed by atoms with E-state index >= 15 is 0 Å². The molecule has 4 rings (SSSR count). The molecule has 2 aromatic carbocycles. The van der Waals surface area contributed by atoms with Crippen LogP contribution < -0.4 is 0 Å². The van der Waals surface area contributed by atoms with E-state index < -0.39 is 0 Å². The Labute approximate surface area is 138 Å². The Bertz CT molecular complexity index is 816. The maximum atomic E-state index is 2.53. The van der Waals surface area contributed by atoms with Gasteiger partial charge in [0.05, 0.1) is 0 Å². The Morgan fingerprint density at radius 3 is 2.74 bits per heavy atom. The highest BCUT2D eigenvalue weighted by atomic mass is 15.2. The molecule has 118 valence electrons. The van der Waals surface area contributed by atoms with E-state index in [2.05, 4.69) is 78.0 Å². The molecule has 2 nitrogen and oxygen atoms in total. The number of aromatic nitrogens is 1. The Kier molecular flexibility index (Phi) is 3.70. The molecule has 1 atom stereocenters. The highest BCUT2D eigenvalue weighted by Crippen LogP contribution is 2.28. The van der Waals surface area contributed by atoms with Crippen LogP contribution in [-0.4, -0.2) is 22.6 Å². The van der Waals surface area contributed by atoms with Gasteiger partial charge in [-0.3, -0.25) is 4.90 Å². The van der Waals surface area contributed by atoms with Crippen LogP contribution in [0.5, 0.6) is 0 Å². The molecular formula is C21H24N2. The van der Waals surface area contributed by atoms with E-state index in [0.29, 0.717) is 6.04 Å². The molecule has 2 heteroatoms.